The second-order valence-electron chi connectivity index (χ2n) is 6.27. The Morgan fingerprint density at radius 3 is 2.38 bits per heavy atom. The molecule has 0 bridgehead atoms. The molecule has 2 atom stereocenters. The molecule has 1 aromatic carbocycles. The van der Waals surface area contributed by atoms with Gasteiger partial charge < -0.3 is 21.3 Å². The number of aromatic nitrogens is 1. The highest BCUT2D eigenvalue weighted by Gasteiger charge is 2.37. The first-order valence-electron chi connectivity index (χ1n) is 8.99. The van der Waals surface area contributed by atoms with Crippen molar-refractivity contribution < 1.29 is 24.2 Å². The van der Waals surface area contributed by atoms with Gasteiger partial charge in [0.15, 0.2) is 6.04 Å². The number of ether oxygens (including phenoxy) is 1. The van der Waals surface area contributed by atoms with Crippen LogP contribution in [0.1, 0.15) is 11.1 Å². The van der Waals surface area contributed by atoms with Gasteiger partial charge >= 0.3 is 5.97 Å². The molecule has 0 aliphatic rings. The largest absolute Gasteiger partial charge is 0.459 e. The third-order valence-corrected chi connectivity index (χ3v) is 4.16. The summed E-state index contributed by atoms with van der Waals surface area (Å²) in [5, 5.41) is 9.69. The van der Waals surface area contributed by atoms with Gasteiger partial charge in [-0.2, -0.15) is 0 Å². The van der Waals surface area contributed by atoms with E-state index in [4.69, 9.17) is 16.2 Å². The molecule has 2 rings (SSSR count). The van der Waals surface area contributed by atoms with E-state index in [2.05, 4.69) is 4.98 Å². The van der Waals surface area contributed by atoms with Gasteiger partial charge in [0.1, 0.15) is 6.61 Å². The van der Waals surface area contributed by atoms with Crippen molar-refractivity contribution in [3.8, 4) is 0 Å². The third kappa shape index (κ3) is 6.18. The van der Waals surface area contributed by atoms with E-state index >= 15 is 0 Å². The third-order valence-electron chi connectivity index (χ3n) is 4.16. The van der Waals surface area contributed by atoms with Crippen LogP contribution in [0.25, 0.3) is 0 Å². The molecule has 0 aliphatic heterocycles. The van der Waals surface area contributed by atoms with Crippen molar-refractivity contribution >= 4 is 17.8 Å². The monoisotopic (exact) mass is 400 g/mol. The maximum absolute atomic E-state index is 12.8. The smallest absolute Gasteiger partial charge is 0.332 e. The first-order valence-corrected chi connectivity index (χ1v) is 8.99. The van der Waals surface area contributed by atoms with Crippen LogP contribution in [0.3, 0.4) is 0 Å². The normalized spacial score (nSPS) is 12.7. The van der Waals surface area contributed by atoms with Gasteiger partial charge in [0, 0.05) is 12.4 Å². The summed E-state index contributed by atoms with van der Waals surface area (Å²) in [5.74, 6) is -2.60. The van der Waals surface area contributed by atoms with Crippen LogP contribution in [-0.4, -0.2) is 58.0 Å². The fourth-order valence-electron chi connectivity index (χ4n) is 2.67. The second-order valence-corrected chi connectivity index (χ2v) is 6.27. The number of carbonyl (C=O) groups excluding carboxylic acids is 3. The van der Waals surface area contributed by atoms with E-state index < -0.39 is 43.0 Å². The number of aliphatic hydroxyl groups is 1. The summed E-state index contributed by atoms with van der Waals surface area (Å²) in [6.07, 6.45) is 3.21. The van der Waals surface area contributed by atoms with E-state index in [1.54, 1.807) is 48.8 Å². The first kappa shape index (κ1) is 22.2. The van der Waals surface area contributed by atoms with Crippen molar-refractivity contribution in [2.45, 2.75) is 25.1 Å². The summed E-state index contributed by atoms with van der Waals surface area (Å²) >= 11 is 0. The summed E-state index contributed by atoms with van der Waals surface area (Å²) in [4.78, 5) is 42.1. The Kier molecular flexibility index (Phi) is 8.41. The lowest BCUT2D eigenvalue weighted by Crippen LogP contribution is -2.57. The predicted octanol–water partition coefficient (Wildman–Crippen LogP) is -0.630. The van der Waals surface area contributed by atoms with Crippen molar-refractivity contribution in [1.29, 1.82) is 0 Å². The van der Waals surface area contributed by atoms with Crippen LogP contribution in [0.4, 0.5) is 0 Å². The minimum absolute atomic E-state index is 0.0727. The van der Waals surface area contributed by atoms with E-state index in [-0.39, 0.29) is 13.0 Å². The Bertz CT molecular complexity index is 816. The van der Waals surface area contributed by atoms with Crippen molar-refractivity contribution in [2.75, 3.05) is 13.2 Å². The van der Waals surface area contributed by atoms with E-state index in [1.807, 2.05) is 6.07 Å². The highest BCUT2D eigenvalue weighted by atomic mass is 16.5. The van der Waals surface area contributed by atoms with Crippen LogP contribution in [0.5, 0.6) is 0 Å². The summed E-state index contributed by atoms with van der Waals surface area (Å²) in [6, 6.07) is 9.60. The van der Waals surface area contributed by atoms with Crippen LogP contribution < -0.4 is 11.5 Å². The number of esters is 1. The van der Waals surface area contributed by atoms with Crippen molar-refractivity contribution in [3.63, 3.8) is 0 Å². The first-order chi connectivity index (χ1) is 14.0. The van der Waals surface area contributed by atoms with E-state index in [0.29, 0.717) is 16.0 Å². The Morgan fingerprint density at radius 2 is 1.79 bits per heavy atom. The lowest BCUT2D eigenvalue weighted by Gasteiger charge is -2.29. The Labute approximate surface area is 168 Å². The molecule has 0 radical (unpaired) electrons. The van der Waals surface area contributed by atoms with Crippen LogP contribution in [0, 0.1) is 0 Å². The molecule has 1 aromatic heterocycles. The van der Waals surface area contributed by atoms with Crippen LogP contribution >= 0.6 is 0 Å². The lowest BCUT2D eigenvalue weighted by atomic mass is 10.1. The molecule has 0 saturated heterocycles. The molecule has 9 nitrogen and oxygen atoms in total. The molecule has 5 N–H and O–H groups in total. The number of aliphatic hydroxyl groups excluding tert-OH is 1. The SMILES string of the molecule is NCC(=O)N(C(=O)[C@@H](N)Cc1cccnc1)[C@@H](CO)C(=O)OCc1ccccc1. The molecule has 0 saturated carbocycles. The van der Waals surface area contributed by atoms with Crippen molar-refractivity contribution in [2.24, 2.45) is 11.5 Å². The topological polar surface area (TPSA) is 149 Å². The zero-order valence-corrected chi connectivity index (χ0v) is 15.8. The standard InChI is InChI=1S/C20H24N4O5/c21-10-18(26)24(19(27)16(22)9-15-7-4-8-23-11-15)17(12-25)20(28)29-13-14-5-2-1-3-6-14/h1-8,11,16-17,25H,9-10,12-13,21-22H2/t16-,17-/m0/s1. The Morgan fingerprint density at radius 1 is 1.10 bits per heavy atom. The average molecular weight is 400 g/mol. The fourth-order valence-corrected chi connectivity index (χ4v) is 2.67. The minimum Gasteiger partial charge on any atom is -0.459 e. The molecule has 9 heteroatoms. The van der Waals surface area contributed by atoms with Crippen molar-refractivity contribution in [3.05, 3.63) is 66.0 Å². The molecule has 0 unspecified atom stereocenters. The van der Waals surface area contributed by atoms with Gasteiger partial charge in [-0.05, 0) is 23.6 Å². The zero-order valence-electron chi connectivity index (χ0n) is 15.8. The maximum Gasteiger partial charge on any atom is 0.332 e. The number of imide groups is 1. The number of hydrogen-bond donors (Lipinski definition) is 3. The summed E-state index contributed by atoms with van der Waals surface area (Å²) in [7, 11) is 0. The van der Waals surface area contributed by atoms with Crippen LogP contribution in [0.15, 0.2) is 54.9 Å². The van der Waals surface area contributed by atoms with Crippen molar-refractivity contribution in [1.82, 2.24) is 9.88 Å². The number of nitrogens with two attached hydrogens (primary N) is 2. The number of amides is 2. The summed E-state index contributed by atoms with van der Waals surface area (Å²) in [6.45, 7) is -1.42. The van der Waals surface area contributed by atoms with E-state index in [1.165, 1.54) is 0 Å². The molecule has 0 fully saturated rings. The number of rotatable bonds is 9. The minimum atomic E-state index is -1.54. The van der Waals surface area contributed by atoms with Gasteiger partial charge in [0.05, 0.1) is 19.2 Å². The van der Waals surface area contributed by atoms with Gasteiger partial charge in [-0.25, -0.2) is 4.79 Å². The molecule has 0 spiro atoms. The van der Waals surface area contributed by atoms with Gasteiger partial charge in [-0.1, -0.05) is 36.4 Å². The summed E-state index contributed by atoms with van der Waals surface area (Å²) in [5.41, 5.74) is 12.7. The number of benzene rings is 1. The summed E-state index contributed by atoms with van der Waals surface area (Å²) < 4.78 is 5.17. The Hall–Kier alpha value is -3.14. The maximum atomic E-state index is 12.8. The van der Waals surface area contributed by atoms with Gasteiger partial charge in [-0.3, -0.25) is 19.5 Å². The zero-order chi connectivity index (χ0) is 21.2. The number of carbonyl (C=O) groups is 3. The predicted molar refractivity (Wildman–Crippen MR) is 104 cm³/mol. The van der Waals surface area contributed by atoms with Gasteiger partial charge in [0.2, 0.25) is 11.8 Å². The number of hydrogen-bond acceptors (Lipinski definition) is 8. The molecule has 1 heterocycles. The van der Waals surface area contributed by atoms with E-state index in [9.17, 15) is 19.5 Å². The quantitative estimate of drug-likeness (QED) is 0.471. The molecular formula is C20H24N4O5. The molecule has 154 valence electrons. The molecule has 2 aromatic rings. The fraction of sp³-hybridized carbons (Fsp3) is 0.300. The number of pyridine rings is 1. The van der Waals surface area contributed by atoms with E-state index in [0.717, 1.165) is 0 Å². The van der Waals surface area contributed by atoms with Crippen LogP contribution in [-0.2, 0) is 32.1 Å². The molecule has 0 aliphatic carbocycles. The lowest BCUT2D eigenvalue weighted by molar-refractivity contribution is -0.164. The number of nitrogens with zero attached hydrogens (tertiary/aromatic N) is 2. The second kappa shape index (κ2) is 11.0. The average Bonchev–Trinajstić information content (AvgIpc) is 2.76. The van der Waals surface area contributed by atoms with Gasteiger partial charge in [-0.15, -0.1) is 0 Å². The highest BCUT2D eigenvalue weighted by Crippen LogP contribution is 2.10. The highest BCUT2D eigenvalue weighted by molar-refractivity contribution is 6.02. The van der Waals surface area contributed by atoms with Crippen LogP contribution in [0.2, 0.25) is 0 Å². The molecule has 29 heavy (non-hydrogen) atoms. The molecular weight excluding hydrogens is 376 g/mol. The Balaban J connectivity index is 2.13. The molecule has 2 amide bonds. The van der Waals surface area contributed by atoms with Gasteiger partial charge in [0.25, 0.3) is 0 Å².